The van der Waals surface area contributed by atoms with E-state index >= 15 is 0 Å². The summed E-state index contributed by atoms with van der Waals surface area (Å²) in [7, 11) is 0. The molecule has 0 aliphatic heterocycles. The molecule has 3 rings (SSSR count). The molecule has 0 radical (unpaired) electrons. The second-order valence-corrected chi connectivity index (χ2v) is 6.74. The van der Waals surface area contributed by atoms with Crippen molar-refractivity contribution in [2.75, 3.05) is 0 Å². The highest BCUT2D eigenvalue weighted by Gasteiger charge is 2.37. The highest BCUT2D eigenvalue weighted by atomic mass is 16.3. The second kappa shape index (κ2) is 5.21. The molecule has 2 aromatic carbocycles. The van der Waals surface area contributed by atoms with Crippen LogP contribution >= 0.6 is 0 Å². The minimum absolute atomic E-state index is 0.0316. The van der Waals surface area contributed by atoms with Gasteiger partial charge in [0.05, 0.1) is 6.10 Å². The van der Waals surface area contributed by atoms with Gasteiger partial charge in [0.1, 0.15) is 0 Å². The van der Waals surface area contributed by atoms with Crippen molar-refractivity contribution in [2.45, 2.75) is 51.0 Å². The molecule has 2 aromatic rings. The van der Waals surface area contributed by atoms with Gasteiger partial charge in [-0.15, -0.1) is 0 Å². The van der Waals surface area contributed by atoms with Gasteiger partial charge in [-0.2, -0.15) is 0 Å². The van der Waals surface area contributed by atoms with Crippen LogP contribution in [0.4, 0.5) is 0 Å². The zero-order valence-electron chi connectivity index (χ0n) is 12.5. The highest BCUT2D eigenvalue weighted by Crippen LogP contribution is 2.41. The lowest BCUT2D eigenvalue weighted by atomic mass is 9.66. The van der Waals surface area contributed by atoms with E-state index in [9.17, 15) is 5.11 Å². The van der Waals surface area contributed by atoms with Gasteiger partial charge in [0, 0.05) is 0 Å². The molecule has 1 nitrogen and oxygen atoms in total. The Bertz CT molecular complexity index is 599. The van der Waals surface area contributed by atoms with E-state index in [-0.39, 0.29) is 11.5 Å². The number of hydrogen-bond acceptors (Lipinski definition) is 1. The topological polar surface area (TPSA) is 20.2 Å². The number of hydrogen-bond donors (Lipinski definition) is 1. The number of rotatable bonds is 2. The van der Waals surface area contributed by atoms with E-state index in [4.69, 9.17) is 0 Å². The third-order valence-electron chi connectivity index (χ3n) is 5.15. The third kappa shape index (κ3) is 2.35. The van der Waals surface area contributed by atoms with Crippen LogP contribution in [0.25, 0.3) is 10.8 Å². The third-order valence-corrected chi connectivity index (χ3v) is 5.15. The predicted molar refractivity (Wildman–Crippen MR) is 84.9 cm³/mol. The van der Waals surface area contributed by atoms with Crippen LogP contribution in [0.1, 0.15) is 45.1 Å². The molecule has 1 N–H and O–H groups in total. The molecule has 1 saturated carbocycles. The Morgan fingerprint density at radius 3 is 2.40 bits per heavy atom. The number of aliphatic hydroxyl groups is 1. The lowest BCUT2D eigenvalue weighted by Gasteiger charge is -2.40. The standard InChI is InChI=1S/C19H24O/c1-19(2,17-9-5-6-10-18(17)20)16-12-11-14-7-3-4-8-15(14)13-16/h3-4,7-8,11-13,17-18,20H,5-6,9-10H2,1-2H3/t17-,18-/m0/s1. The Kier molecular flexibility index (Phi) is 3.55. The summed E-state index contributed by atoms with van der Waals surface area (Å²) in [5, 5.41) is 13.0. The van der Waals surface area contributed by atoms with E-state index in [0.29, 0.717) is 5.92 Å². The van der Waals surface area contributed by atoms with E-state index in [1.54, 1.807) is 0 Å². The largest absolute Gasteiger partial charge is 0.393 e. The van der Waals surface area contributed by atoms with Crippen LogP contribution in [0, 0.1) is 5.92 Å². The average molecular weight is 268 g/mol. The summed E-state index contributed by atoms with van der Waals surface area (Å²) in [4.78, 5) is 0. The Hall–Kier alpha value is -1.34. The summed E-state index contributed by atoms with van der Waals surface area (Å²) in [6, 6.07) is 15.3. The normalized spacial score (nSPS) is 23.9. The van der Waals surface area contributed by atoms with E-state index in [2.05, 4.69) is 56.3 Å². The van der Waals surface area contributed by atoms with E-state index in [0.717, 1.165) is 12.8 Å². The van der Waals surface area contributed by atoms with Crippen molar-refractivity contribution >= 4 is 10.8 Å². The van der Waals surface area contributed by atoms with Crippen molar-refractivity contribution in [3.8, 4) is 0 Å². The van der Waals surface area contributed by atoms with Crippen LogP contribution in [-0.4, -0.2) is 11.2 Å². The van der Waals surface area contributed by atoms with Gasteiger partial charge in [0.15, 0.2) is 0 Å². The van der Waals surface area contributed by atoms with Gasteiger partial charge in [-0.25, -0.2) is 0 Å². The summed E-state index contributed by atoms with van der Waals surface area (Å²) < 4.78 is 0. The fraction of sp³-hybridized carbons (Fsp3) is 0.474. The zero-order valence-corrected chi connectivity index (χ0v) is 12.5. The molecule has 0 spiro atoms. The van der Waals surface area contributed by atoms with E-state index in [1.807, 2.05) is 0 Å². The summed E-state index contributed by atoms with van der Waals surface area (Å²) >= 11 is 0. The van der Waals surface area contributed by atoms with Crippen LogP contribution < -0.4 is 0 Å². The van der Waals surface area contributed by atoms with Crippen LogP contribution in [0.5, 0.6) is 0 Å². The quantitative estimate of drug-likeness (QED) is 0.839. The Morgan fingerprint density at radius 2 is 1.65 bits per heavy atom. The lowest BCUT2D eigenvalue weighted by Crippen LogP contribution is -2.39. The van der Waals surface area contributed by atoms with Crippen molar-refractivity contribution in [2.24, 2.45) is 5.92 Å². The van der Waals surface area contributed by atoms with Crippen LogP contribution in [-0.2, 0) is 5.41 Å². The first-order valence-electron chi connectivity index (χ1n) is 7.76. The molecule has 1 aliphatic rings. The molecule has 20 heavy (non-hydrogen) atoms. The molecule has 0 aromatic heterocycles. The summed E-state index contributed by atoms with van der Waals surface area (Å²) in [6.07, 6.45) is 4.37. The maximum absolute atomic E-state index is 10.4. The average Bonchev–Trinajstić information content (AvgIpc) is 2.47. The molecule has 0 heterocycles. The lowest BCUT2D eigenvalue weighted by molar-refractivity contribution is 0.0322. The van der Waals surface area contributed by atoms with Gasteiger partial charge >= 0.3 is 0 Å². The molecule has 0 bridgehead atoms. The molecule has 1 heteroatoms. The maximum Gasteiger partial charge on any atom is 0.0576 e. The number of benzene rings is 2. The predicted octanol–water partition coefficient (Wildman–Crippen LogP) is 4.67. The van der Waals surface area contributed by atoms with Gasteiger partial charge in [0.25, 0.3) is 0 Å². The molecular weight excluding hydrogens is 244 g/mol. The van der Waals surface area contributed by atoms with E-state index < -0.39 is 0 Å². The molecule has 106 valence electrons. The van der Waals surface area contributed by atoms with Crippen molar-refractivity contribution in [1.82, 2.24) is 0 Å². The SMILES string of the molecule is CC(C)(c1ccc2ccccc2c1)[C@H]1CCCC[C@@H]1O. The Balaban J connectivity index is 1.99. The van der Waals surface area contributed by atoms with Crippen LogP contribution in [0.3, 0.4) is 0 Å². The summed E-state index contributed by atoms with van der Waals surface area (Å²) in [5.41, 5.74) is 1.38. The number of fused-ring (bicyclic) bond motifs is 1. The first-order valence-corrected chi connectivity index (χ1v) is 7.76. The maximum atomic E-state index is 10.4. The first kappa shape index (κ1) is 13.6. The molecule has 2 atom stereocenters. The first-order chi connectivity index (χ1) is 9.59. The minimum atomic E-state index is -0.148. The van der Waals surface area contributed by atoms with Gasteiger partial charge in [-0.1, -0.05) is 69.2 Å². The van der Waals surface area contributed by atoms with Gasteiger partial charge in [0.2, 0.25) is 0 Å². The molecular formula is C19H24O. The molecule has 0 unspecified atom stereocenters. The molecule has 0 amide bonds. The number of aliphatic hydroxyl groups excluding tert-OH is 1. The highest BCUT2D eigenvalue weighted by molar-refractivity contribution is 5.83. The van der Waals surface area contributed by atoms with Crippen LogP contribution in [0.15, 0.2) is 42.5 Å². The van der Waals surface area contributed by atoms with Crippen molar-refractivity contribution in [1.29, 1.82) is 0 Å². The van der Waals surface area contributed by atoms with E-state index in [1.165, 1.54) is 29.2 Å². The molecule has 1 aliphatic carbocycles. The second-order valence-electron chi connectivity index (χ2n) is 6.74. The molecule has 0 saturated heterocycles. The minimum Gasteiger partial charge on any atom is -0.393 e. The molecule has 1 fully saturated rings. The van der Waals surface area contributed by atoms with Crippen molar-refractivity contribution in [3.05, 3.63) is 48.0 Å². The smallest absolute Gasteiger partial charge is 0.0576 e. The Labute approximate surface area is 121 Å². The fourth-order valence-electron chi connectivity index (χ4n) is 3.76. The van der Waals surface area contributed by atoms with Crippen LogP contribution in [0.2, 0.25) is 0 Å². The zero-order chi connectivity index (χ0) is 14.2. The van der Waals surface area contributed by atoms with Crippen molar-refractivity contribution in [3.63, 3.8) is 0 Å². The van der Waals surface area contributed by atoms with Crippen molar-refractivity contribution < 1.29 is 5.11 Å². The van der Waals surface area contributed by atoms with Gasteiger partial charge < -0.3 is 5.11 Å². The monoisotopic (exact) mass is 268 g/mol. The fourth-order valence-corrected chi connectivity index (χ4v) is 3.76. The van der Waals surface area contributed by atoms with Gasteiger partial charge in [-0.3, -0.25) is 0 Å². The van der Waals surface area contributed by atoms with Gasteiger partial charge in [-0.05, 0) is 40.5 Å². The summed E-state index contributed by atoms with van der Waals surface area (Å²) in [5.74, 6) is 0.373. The summed E-state index contributed by atoms with van der Waals surface area (Å²) in [6.45, 7) is 4.58. The Morgan fingerprint density at radius 1 is 0.950 bits per heavy atom.